The number of ether oxygens (including phenoxy) is 1. The highest BCUT2D eigenvalue weighted by molar-refractivity contribution is 5.94. The van der Waals surface area contributed by atoms with Crippen molar-refractivity contribution in [2.75, 3.05) is 6.54 Å². The van der Waals surface area contributed by atoms with E-state index in [2.05, 4.69) is 0 Å². The van der Waals surface area contributed by atoms with Gasteiger partial charge in [-0.15, -0.1) is 0 Å². The van der Waals surface area contributed by atoms with Crippen molar-refractivity contribution in [1.29, 1.82) is 0 Å². The van der Waals surface area contributed by atoms with Crippen LogP contribution in [0.15, 0.2) is 30.3 Å². The van der Waals surface area contributed by atoms with Crippen molar-refractivity contribution in [1.82, 2.24) is 4.90 Å². The van der Waals surface area contributed by atoms with E-state index in [1.54, 1.807) is 12.1 Å². The van der Waals surface area contributed by atoms with E-state index in [4.69, 9.17) is 14.9 Å². The Kier molecular flexibility index (Phi) is 5.56. The van der Waals surface area contributed by atoms with Crippen LogP contribution in [0.5, 0.6) is 0 Å². The largest absolute Gasteiger partial charge is 0.481 e. The summed E-state index contributed by atoms with van der Waals surface area (Å²) in [4.78, 5) is 35.9. The SMILES string of the molecule is O=C(O)C(C(=O)O)C1CCCCN1C(=O)OCc1ccccc1. The van der Waals surface area contributed by atoms with Crippen LogP contribution in [0.1, 0.15) is 24.8 Å². The van der Waals surface area contributed by atoms with Gasteiger partial charge in [-0.05, 0) is 24.8 Å². The van der Waals surface area contributed by atoms with Gasteiger partial charge in [0.2, 0.25) is 0 Å². The molecule has 124 valence electrons. The monoisotopic (exact) mass is 321 g/mol. The second kappa shape index (κ2) is 7.62. The van der Waals surface area contributed by atoms with Gasteiger partial charge < -0.3 is 19.8 Å². The van der Waals surface area contributed by atoms with E-state index in [9.17, 15) is 14.4 Å². The third-order valence-corrected chi connectivity index (χ3v) is 3.91. The zero-order valence-electron chi connectivity index (χ0n) is 12.6. The number of hydrogen-bond acceptors (Lipinski definition) is 4. The molecule has 1 aromatic rings. The van der Waals surface area contributed by atoms with Gasteiger partial charge in [-0.25, -0.2) is 4.79 Å². The van der Waals surface area contributed by atoms with Crippen LogP contribution < -0.4 is 0 Å². The van der Waals surface area contributed by atoms with E-state index >= 15 is 0 Å². The number of hydrogen-bond donors (Lipinski definition) is 2. The maximum Gasteiger partial charge on any atom is 0.410 e. The van der Waals surface area contributed by atoms with Crippen molar-refractivity contribution in [2.24, 2.45) is 5.92 Å². The van der Waals surface area contributed by atoms with Crippen molar-refractivity contribution >= 4 is 18.0 Å². The topological polar surface area (TPSA) is 104 Å². The Hall–Kier alpha value is -2.57. The van der Waals surface area contributed by atoms with Crippen LogP contribution in [0.2, 0.25) is 0 Å². The number of likely N-dealkylation sites (tertiary alicyclic amines) is 1. The molecular formula is C16H19NO6. The first-order chi connectivity index (χ1) is 11.0. The molecule has 0 saturated carbocycles. The summed E-state index contributed by atoms with van der Waals surface area (Å²) in [5.41, 5.74) is 0.808. The van der Waals surface area contributed by atoms with Gasteiger partial charge in [0.15, 0.2) is 5.92 Å². The first kappa shape index (κ1) is 16.8. The summed E-state index contributed by atoms with van der Waals surface area (Å²) in [6.45, 7) is 0.364. The van der Waals surface area contributed by atoms with E-state index in [1.165, 1.54) is 4.90 Å². The molecule has 1 amide bonds. The number of carboxylic acid groups (broad SMARTS) is 2. The molecular weight excluding hydrogens is 302 g/mol. The Labute approximate surface area is 133 Å². The van der Waals surface area contributed by atoms with E-state index in [1.807, 2.05) is 18.2 Å². The number of nitrogens with zero attached hydrogens (tertiary/aromatic N) is 1. The van der Waals surface area contributed by atoms with Crippen molar-refractivity contribution in [3.8, 4) is 0 Å². The Bertz CT molecular complexity index is 559. The van der Waals surface area contributed by atoms with Gasteiger partial charge >= 0.3 is 18.0 Å². The number of benzene rings is 1. The number of piperidine rings is 1. The first-order valence-electron chi connectivity index (χ1n) is 7.43. The van der Waals surface area contributed by atoms with E-state index in [-0.39, 0.29) is 6.61 Å². The molecule has 1 saturated heterocycles. The summed E-state index contributed by atoms with van der Waals surface area (Å²) in [7, 11) is 0. The molecule has 0 aromatic heterocycles. The molecule has 1 aromatic carbocycles. The van der Waals surface area contributed by atoms with E-state index < -0.39 is 30.0 Å². The molecule has 1 fully saturated rings. The molecule has 0 spiro atoms. The predicted octanol–water partition coefficient (Wildman–Crippen LogP) is 1.96. The summed E-state index contributed by atoms with van der Waals surface area (Å²) >= 11 is 0. The maximum absolute atomic E-state index is 12.2. The summed E-state index contributed by atoms with van der Waals surface area (Å²) in [6, 6.07) is 8.20. The van der Waals surface area contributed by atoms with Crippen LogP contribution in [0.4, 0.5) is 4.79 Å². The Morgan fingerprint density at radius 1 is 1.13 bits per heavy atom. The Morgan fingerprint density at radius 3 is 2.39 bits per heavy atom. The van der Waals surface area contributed by atoms with Crippen LogP contribution in [0.3, 0.4) is 0 Å². The van der Waals surface area contributed by atoms with Crippen molar-refractivity contribution in [3.63, 3.8) is 0 Å². The molecule has 23 heavy (non-hydrogen) atoms. The number of carbonyl (C=O) groups excluding carboxylic acids is 1. The van der Waals surface area contributed by atoms with Gasteiger partial charge in [0.1, 0.15) is 6.61 Å². The van der Waals surface area contributed by atoms with Gasteiger partial charge in [-0.2, -0.15) is 0 Å². The maximum atomic E-state index is 12.2. The third kappa shape index (κ3) is 4.21. The summed E-state index contributed by atoms with van der Waals surface area (Å²) in [5.74, 6) is -4.52. The average Bonchev–Trinajstić information content (AvgIpc) is 2.53. The molecule has 2 rings (SSSR count). The van der Waals surface area contributed by atoms with Crippen molar-refractivity contribution in [3.05, 3.63) is 35.9 Å². The molecule has 2 N–H and O–H groups in total. The summed E-state index contributed by atoms with van der Waals surface area (Å²) in [6.07, 6.45) is 1.04. The fraction of sp³-hybridized carbons (Fsp3) is 0.438. The highest BCUT2D eigenvalue weighted by Crippen LogP contribution is 2.25. The van der Waals surface area contributed by atoms with Gasteiger partial charge in [-0.1, -0.05) is 30.3 Å². The van der Waals surface area contributed by atoms with Crippen molar-refractivity contribution in [2.45, 2.75) is 31.9 Å². The second-order valence-corrected chi connectivity index (χ2v) is 5.45. The second-order valence-electron chi connectivity index (χ2n) is 5.45. The third-order valence-electron chi connectivity index (χ3n) is 3.91. The normalized spacial score (nSPS) is 17.8. The number of amides is 1. The Morgan fingerprint density at radius 2 is 1.78 bits per heavy atom. The van der Waals surface area contributed by atoms with Crippen LogP contribution in [-0.2, 0) is 20.9 Å². The minimum atomic E-state index is -1.64. The van der Waals surface area contributed by atoms with Crippen LogP contribution >= 0.6 is 0 Å². The fourth-order valence-corrected chi connectivity index (χ4v) is 2.77. The lowest BCUT2D eigenvalue weighted by molar-refractivity contribution is -0.158. The Balaban J connectivity index is 2.06. The van der Waals surface area contributed by atoms with Gasteiger partial charge in [0.25, 0.3) is 0 Å². The lowest BCUT2D eigenvalue weighted by Crippen LogP contribution is -2.52. The minimum Gasteiger partial charge on any atom is -0.481 e. The molecule has 7 nitrogen and oxygen atoms in total. The molecule has 1 unspecified atom stereocenters. The molecule has 7 heteroatoms. The predicted molar refractivity (Wildman–Crippen MR) is 79.7 cm³/mol. The van der Waals surface area contributed by atoms with Crippen LogP contribution in [0.25, 0.3) is 0 Å². The van der Waals surface area contributed by atoms with E-state index in [0.717, 1.165) is 5.56 Å². The zero-order valence-corrected chi connectivity index (χ0v) is 12.6. The average molecular weight is 321 g/mol. The van der Waals surface area contributed by atoms with Gasteiger partial charge in [-0.3, -0.25) is 9.59 Å². The zero-order chi connectivity index (χ0) is 16.8. The molecule has 1 atom stereocenters. The number of carboxylic acids is 2. The lowest BCUT2D eigenvalue weighted by atomic mass is 9.90. The first-order valence-corrected chi connectivity index (χ1v) is 7.43. The van der Waals surface area contributed by atoms with Crippen molar-refractivity contribution < 1.29 is 29.3 Å². The van der Waals surface area contributed by atoms with Crippen LogP contribution in [0, 0.1) is 5.92 Å². The standard InChI is InChI=1S/C16H19NO6/c18-14(19)13(15(20)21)12-8-4-5-9-17(12)16(22)23-10-11-6-2-1-3-7-11/h1-3,6-7,12-13H,4-5,8-10H2,(H,18,19)(H,20,21). The molecule has 1 aliphatic heterocycles. The van der Waals surface area contributed by atoms with Crippen LogP contribution in [-0.4, -0.2) is 45.7 Å². The smallest absolute Gasteiger partial charge is 0.410 e. The minimum absolute atomic E-state index is 0.0632. The molecule has 0 aliphatic carbocycles. The number of aliphatic carboxylic acids is 2. The van der Waals surface area contributed by atoms with Gasteiger partial charge in [0, 0.05) is 6.54 Å². The molecule has 1 aliphatic rings. The number of carbonyl (C=O) groups is 3. The summed E-state index contributed by atoms with van der Waals surface area (Å²) < 4.78 is 5.21. The van der Waals surface area contributed by atoms with E-state index in [0.29, 0.717) is 25.8 Å². The molecule has 0 radical (unpaired) electrons. The highest BCUT2D eigenvalue weighted by atomic mass is 16.6. The quantitative estimate of drug-likeness (QED) is 0.803. The fourth-order valence-electron chi connectivity index (χ4n) is 2.77. The lowest BCUT2D eigenvalue weighted by Gasteiger charge is -2.36. The highest BCUT2D eigenvalue weighted by Gasteiger charge is 2.42. The number of rotatable bonds is 5. The van der Waals surface area contributed by atoms with Gasteiger partial charge in [0.05, 0.1) is 6.04 Å². The molecule has 0 bridgehead atoms. The molecule has 1 heterocycles. The summed E-state index contributed by atoms with van der Waals surface area (Å²) in [5, 5.41) is 18.3.